The minimum Gasteiger partial charge on any atom is -0.477 e. The fourth-order valence-corrected chi connectivity index (χ4v) is 4.19. The summed E-state index contributed by atoms with van der Waals surface area (Å²) in [6, 6.07) is 13.2. The minimum atomic E-state index is -1.72. The molecule has 0 fully saturated rings. The molecule has 1 aromatic heterocycles. The van der Waals surface area contributed by atoms with E-state index in [0.29, 0.717) is 27.4 Å². The monoisotopic (exact) mass is 511 g/mol. The molecule has 2 N–H and O–H groups in total. The largest absolute Gasteiger partial charge is 0.477 e. The zero-order valence-corrected chi connectivity index (χ0v) is 18.9. The first-order valence-electron chi connectivity index (χ1n) is 10.5. The summed E-state index contributed by atoms with van der Waals surface area (Å²) in [5.41, 5.74) is 0.567. The van der Waals surface area contributed by atoms with E-state index in [1.54, 1.807) is 24.3 Å². The minimum absolute atomic E-state index is 0.0502. The summed E-state index contributed by atoms with van der Waals surface area (Å²) < 4.78 is 57.6. The molecule has 3 aromatic carbocycles. The molecular formula is C26H14ClF4N3O2. The summed E-state index contributed by atoms with van der Waals surface area (Å²) in [4.78, 5) is 20.1. The maximum absolute atomic E-state index is 14.7. The molecule has 36 heavy (non-hydrogen) atoms. The molecule has 1 aliphatic rings. The molecule has 2 heterocycles. The van der Waals surface area contributed by atoms with Gasteiger partial charge in [0.25, 0.3) is 0 Å². The van der Waals surface area contributed by atoms with Crippen molar-refractivity contribution in [2.45, 2.75) is 6.54 Å². The molecule has 0 atom stereocenters. The van der Waals surface area contributed by atoms with Gasteiger partial charge in [0.1, 0.15) is 34.7 Å². The van der Waals surface area contributed by atoms with E-state index in [2.05, 4.69) is 15.3 Å². The van der Waals surface area contributed by atoms with Crippen molar-refractivity contribution < 1.29 is 27.5 Å². The van der Waals surface area contributed by atoms with Crippen LogP contribution in [0.3, 0.4) is 0 Å². The second-order valence-electron chi connectivity index (χ2n) is 7.90. The lowest BCUT2D eigenvalue weighted by atomic mass is 9.94. The number of hydrogen-bond acceptors (Lipinski definition) is 4. The number of nitrogens with one attached hydrogen (secondary N) is 1. The van der Waals surface area contributed by atoms with Gasteiger partial charge in [-0.3, -0.25) is 4.99 Å². The van der Waals surface area contributed by atoms with Crippen molar-refractivity contribution in [3.63, 3.8) is 0 Å². The molecule has 0 spiro atoms. The van der Waals surface area contributed by atoms with Crippen molar-refractivity contribution >= 4 is 34.8 Å². The molecule has 0 unspecified atom stereocenters. The molecule has 0 saturated heterocycles. The first kappa shape index (κ1) is 23.5. The van der Waals surface area contributed by atoms with E-state index in [4.69, 9.17) is 16.7 Å². The highest BCUT2D eigenvalue weighted by atomic mass is 35.5. The van der Waals surface area contributed by atoms with Gasteiger partial charge in [0.15, 0.2) is 0 Å². The Morgan fingerprint density at radius 2 is 1.58 bits per heavy atom. The highest BCUT2D eigenvalue weighted by molar-refractivity contribution is 6.31. The highest BCUT2D eigenvalue weighted by Crippen LogP contribution is 2.35. The second-order valence-corrected chi connectivity index (χ2v) is 8.34. The summed E-state index contributed by atoms with van der Waals surface area (Å²) in [6.45, 7) is 0.0502. The van der Waals surface area contributed by atoms with Crippen molar-refractivity contribution in [3.05, 3.63) is 111 Å². The molecule has 10 heteroatoms. The Morgan fingerprint density at radius 3 is 2.25 bits per heavy atom. The molecule has 0 aliphatic carbocycles. The smallest absolute Gasteiger partial charge is 0.341 e. The quantitative estimate of drug-likeness (QED) is 0.297. The maximum Gasteiger partial charge on any atom is 0.341 e. The number of aromatic carboxylic acids is 1. The average molecular weight is 512 g/mol. The summed E-state index contributed by atoms with van der Waals surface area (Å²) >= 11 is 6.20. The van der Waals surface area contributed by atoms with Crippen LogP contribution in [0.4, 0.5) is 29.1 Å². The number of benzene rings is 3. The van der Waals surface area contributed by atoms with Crippen LogP contribution in [0.2, 0.25) is 5.02 Å². The van der Waals surface area contributed by atoms with E-state index in [1.807, 2.05) is 0 Å². The molecule has 0 saturated carbocycles. The van der Waals surface area contributed by atoms with Gasteiger partial charge >= 0.3 is 5.97 Å². The molecule has 1 aliphatic heterocycles. The number of carbonyl (C=O) groups is 1. The Balaban J connectivity index is 1.60. The molecule has 5 nitrogen and oxygen atoms in total. The van der Waals surface area contributed by atoms with Gasteiger partial charge in [0.05, 0.1) is 23.5 Å². The Morgan fingerprint density at radius 1 is 0.889 bits per heavy atom. The van der Waals surface area contributed by atoms with Crippen LogP contribution < -0.4 is 5.32 Å². The van der Waals surface area contributed by atoms with Crippen LogP contribution >= 0.6 is 11.6 Å². The molecule has 0 amide bonds. The number of nitrogens with zero attached hydrogens (tertiary/aromatic N) is 2. The Hall–Kier alpha value is -4.24. The predicted octanol–water partition coefficient (Wildman–Crippen LogP) is 6.75. The van der Waals surface area contributed by atoms with Crippen molar-refractivity contribution in [1.82, 2.24) is 4.98 Å². The first-order chi connectivity index (χ1) is 17.2. The summed E-state index contributed by atoms with van der Waals surface area (Å²) in [5.74, 6) is -5.59. The molecule has 0 radical (unpaired) electrons. The van der Waals surface area contributed by atoms with Crippen LogP contribution in [0.5, 0.6) is 0 Å². The number of aliphatic imine (C=N–C) groups is 1. The van der Waals surface area contributed by atoms with Crippen LogP contribution in [-0.4, -0.2) is 21.8 Å². The number of hydrogen-bond donors (Lipinski definition) is 2. The third-order valence-electron chi connectivity index (χ3n) is 5.61. The summed E-state index contributed by atoms with van der Waals surface area (Å²) in [5, 5.41) is 12.0. The molecule has 4 aromatic rings. The van der Waals surface area contributed by atoms with E-state index in [-0.39, 0.29) is 29.3 Å². The third kappa shape index (κ3) is 4.18. The number of pyridine rings is 1. The van der Waals surface area contributed by atoms with Crippen molar-refractivity contribution in [2.75, 3.05) is 5.32 Å². The van der Waals surface area contributed by atoms with E-state index in [9.17, 15) is 22.4 Å². The Bertz CT molecular complexity index is 1550. The van der Waals surface area contributed by atoms with Gasteiger partial charge in [0.2, 0.25) is 0 Å². The fourth-order valence-electron chi connectivity index (χ4n) is 4.02. The molecular weight excluding hydrogens is 498 g/mol. The Labute approximate surface area is 206 Å². The first-order valence-corrected chi connectivity index (χ1v) is 10.9. The van der Waals surface area contributed by atoms with Crippen LogP contribution in [0, 0.1) is 23.3 Å². The SMILES string of the molecule is O=C(O)c1c(F)cc(Nc2ccc3c(n2)-c2ccc(Cl)cc2C(c2c(F)cccc2F)=NC3)cc1F. The summed E-state index contributed by atoms with van der Waals surface area (Å²) in [6.07, 6.45) is 0. The van der Waals surface area contributed by atoms with Crippen molar-refractivity contribution in [3.8, 4) is 11.3 Å². The van der Waals surface area contributed by atoms with Crippen LogP contribution in [0.15, 0.2) is 65.7 Å². The fraction of sp³-hybridized carbons (Fsp3) is 0.0385. The van der Waals surface area contributed by atoms with Gasteiger partial charge < -0.3 is 10.4 Å². The molecule has 180 valence electrons. The normalized spacial score (nSPS) is 12.3. The topological polar surface area (TPSA) is 74.6 Å². The summed E-state index contributed by atoms with van der Waals surface area (Å²) in [7, 11) is 0. The van der Waals surface area contributed by atoms with Crippen LogP contribution in [0.1, 0.15) is 27.0 Å². The Kier molecular flexibility index (Phi) is 5.93. The standard InChI is InChI=1S/C26H14ClF4N3O2/c27-13-5-6-15-16(8-13)25(22-17(28)2-1-3-18(22)29)32-11-12-4-7-21(34-24(12)15)33-14-9-19(30)23(26(35)36)20(31)10-14/h1-10H,11H2,(H,33,34)(H,35,36). The molecule has 5 rings (SSSR count). The van der Waals surface area contributed by atoms with Gasteiger partial charge in [-0.05, 0) is 42.5 Å². The van der Waals surface area contributed by atoms with Crippen molar-refractivity contribution in [1.29, 1.82) is 0 Å². The number of halogens is 5. The number of carboxylic acid groups (broad SMARTS) is 1. The zero-order valence-electron chi connectivity index (χ0n) is 18.1. The van der Waals surface area contributed by atoms with Crippen molar-refractivity contribution in [2.24, 2.45) is 4.99 Å². The third-order valence-corrected chi connectivity index (χ3v) is 5.84. The van der Waals surface area contributed by atoms with Crippen LogP contribution in [-0.2, 0) is 6.54 Å². The van der Waals surface area contributed by atoms with Crippen LogP contribution in [0.25, 0.3) is 11.3 Å². The second kappa shape index (κ2) is 9.09. The number of carboxylic acids is 1. The van der Waals surface area contributed by atoms with Gasteiger partial charge in [-0.15, -0.1) is 0 Å². The van der Waals surface area contributed by atoms with E-state index in [1.165, 1.54) is 12.1 Å². The number of anilines is 2. The zero-order chi connectivity index (χ0) is 25.6. The highest BCUT2D eigenvalue weighted by Gasteiger charge is 2.25. The van der Waals surface area contributed by atoms with E-state index < -0.39 is 34.8 Å². The van der Waals surface area contributed by atoms with Gasteiger partial charge in [-0.2, -0.15) is 0 Å². The number of aromatic nitrogens is 1. The predicted molar refractivity (Wildman–Crippen MR) is 127 cm³/mol. The van der Waals surface area contributed by atoms with Gasteiger partial charge in [-0.1, -0.05) is 29.8 Å². The lowest BCUT2D eigenvalue weighted by Gasteiger charge is -2.14. The average Bonchev–Trinajstić information content (AvgIpc) is 2.95. The number of fused-ring (bicyclic) bond motifs is 3. The van der Waals surface area contributed by atoms with E-state index in [0.717, 1.165) is 24.3 Å². The van der Waals surface area contributed by atoms with Gasteiger partial charge in [0, 0.05) is 27.4 Å². The lowest BCUT2D eigenvalue weighted by Crippen LogP contribution is -2.10. The number of rotatable bonds is 4. The molecule has 0 bridgehead atoms. The maximum atomic E-state index is 14.7. The van der Waals surface area contributed by atoms with E-state index >= 15 is 0 Å². The lowest BCUT2D eigenvalue weighted by molar-refractivity contribution is 0.0686. The van der Waals surface area contributed by atoms with Gasteiger partial charge in [-0.25, -0.2) is 27.3 Å².